The van der Waals surface area contributed by atoms with Gasteiger partial charge in [0, 0.05) is 15.4 Å². The summed E-state index contributed by atoms with van der Waals surface area (Å²) in [7, 11) is -6.26. The van der Waals surface area contributed by atoms with E-state index in [1.54, 1.807) is 0 Å². The first-order valence-electron chi connectivity index (χ1n) is 11.4. The molecule has 4 saturated carbocycles. The fourth-order valence-electron chi connectivity index (χ4n) is 6.27. The van der Waals surface area contributed by atoms with Crippen molar-refractivity contribution in [1.82, 2.24) is 0 Å². The van der Waals surface area contributed by atoms with Crippen LogP contribution in [0, 0.1) is 28.5 Å². The highest BCUT2D eigenvalue weighted by Gasteiger charge is 2.70. The molecule has 4 bridgehead atoms. The van der Waals surface area contributed by atoms with E-state index in [2.05, 4.69) is 22.6 Å². The SMILES string of the molecule is O=C(CC1OC2(OC1=O)C1CC3CC2CC(OC(=O)C(F)(F)S(=O)(=O)[O-])(C3)C1)Oc1c(I)cc(I)cc1I. The molecular formula is C22H18F2I3O10S-. The van der Waals surface area contributed by atoms with Crippen LogP contribution in [0.15, 0.2) is 12.1 Å². The number of ether oxygens (including phenoxy) is 4. The van der Waals surface area contributed by atoms with Crippen molar-refractivity contribution in [3.8, 4) is 5.75 Å². The minimum atomic E-state index is -6.26. The Kier molecular flexibility index (Phi) is 7.52. The van der Waals surface area contributed by atoms with Crippen LogP contribution in [0.1, 0.15) is 38.5 Å². The Morgan fingerprint density at radius 1 is 1.11 bits per heavy atom. The van der Waals surface area contributed by atoms with E-state index in [4.69, 9.17) is 18.9 Å². The van der Waals surface area contributed by atoms with Crippen molar-refractivity contribution in [2.24, 2.45) is 17.8 Å². The third-order valence-electron chi connectivity index (χ3n) is 7.51. The molecule has 0 amide bonds. The summed E-state index contributed by atoms with van der Waals surface area (Å²) in [6.45, 7) is 0. The van der Waals surface area contributed by atoms with Crippen LogP contribution in [0.3, 0.4) is 0 Å². The summed E-state index contributed by atoms with van der Waals surface area (Å²) in [5.41, 5.74) is -1.43. The third-order valence-corrected chi connectivity index (χ3v) is 10.5. The monoisotopic (exact) mass is 893 g/mol. The van der Waals surface area contributed by atoms with E-state index in [0.29, 0.717) is 18.6 Å². The zero-order chi connectivity index (χ0) is 27.8. The maximum absolute atomic E-state index is 13.8. The summed E-state index contributed by atoms with van der Waals surface area (Å²) in [5.74, 6) is -6.06. The molecule has 5 fully saturated rings. The third kappa shape index (κ3) is 4.95. The Labute approximate surface area is 256 Å². The van der Waals surface area contributed by atoms with Gasteiger partial charge in [-0.2, -0.15) is 8.78 Å². The normalized spacial score (nSPS) is 33.9. The van der Waals surface area contributed by atoms with E-state index in [9.17, 15) is 36.1 Å². The van der Waals surface area contributed by atoms with Gasteiger partial charge in [-0.05, 0) is 118 Å². The number of carbonyl (C=O) groups is 3. The van der Waals surface area contributed by atoms with E-state index in [0.717, 1.165) is 10.7 Å². The van der Waals surface area contributed by atoms with E-state index < -0.39 is 69.0 Å². The van der Waals surface area contributed by atoms with Crippen LogP contribution in [-0.2, 0) is 38.7 Å². The fraction of sp³-hybridized carbons (Fsp3) is 0.591. The molecule has 6 rings (SSSR count). The van der Waals surface area contributed by atoms with Gasteiger partial charge < -0.3 is 23.5 Å². The number of esters is 3. The molecule has 5 aliphatic rings. The Morgan fingerprint density at radius 2 is 1.68 bits per heavy atom. The van der Waals surface area contributed by atoms with Gasteiger partial charge in [0.1, 0.15) is 5.60 Å². The molecular weight excluding hydrogens is 875 g/mol. The number of hydrogen-bond acceptors (Lipinski definition) is 10. The van der Waals surface area contributed by atoms with Crippen molar-refractivity contribution in [1.29, 1.82) is 0 Å². The summed E-state index contributed by atoms with van der Waals surface area (Å²) in [6.07, 6.45) is -0.490. The highest BCUT2D eigenvalue weighted by molar-refractivity contribution is 14.1. The van der Waals surface area contributed by atoms with Gasteiger partial charge in [-0.25, -0.2) is 18.0 Å². The van der Waals surface area contributed by atoms with Crippen LogP contribution in [0.2, 0.25) is 0 Å². The predicted octanol–water partition coefficient (Wildman–Crippen LogP) is 3.69. The summed E-state index contributed by atoms with van der Waals surface area (Å²) in [5, 5.41) is -5.22. The zero-order valence-electron chi connectivity index (χ0n) is 19.1. The van der Waals surface area contributed by atoms with Gasteiger partial charge in [0.15, 0.2) is 22.0 Å². The lowest BCUT2D eigenvalue weighted by atomic mass is 9.51. The lowest BCUT2D eigenvalue weighted by molar-refractivity contribution is -0.317. The van der Waals surface area contributed by atoms with Crippen LogP contribution >= 0.6 is 67.8 Å². The summed E-state index contributed by atoms with van der Waals surface area (Å²) >= 11 is 6.23. The standard InChI is InChI=1S/C22H19F2I3O10S/c23-22(24,38(31,32)33)19(30)37-20-6-9-1-10(7-20)21(11(2-9)8-20)35-15(18(29)36-21)5-16(28)34-17-13(26)3-12(25)4-14(17)27/h3-4,9-11,15H,1-2,5-8H2,(H,31,32,33)/p-1. The first-order chi connectivity index (χ1) is 17.5. The molecule has 208 valence electrons. The number of benzene rings is 1. The lowest BCUT2D eigenvalue weighted by Gasteiger charge is -2.61. The van der Waals surface area contributed by atoms with Gasteiger partial charge in [-0.3, -0.25) is 4.79 Å². The Hall–Kier alpha value is -0.450. The van der Waals surface area contributed by atoms with Crippen LogP contribution in [0.4, 0.5) is 8.78 Å². The Morgan fingerprint density at radius 3 is 2.24 bits per heavy atom. The van der Waals surface area contributed by atoms with E-state index in [-0.39, 0.29) is 25.2 Å². The summed E-state index contributed by atoms with van der Waals surface area (Å²) in [4.78, 5) is 37.5. The summed E-state index contributed by atoms with van der Waals surface area (Å²) < 4.78 is 85.1. The molecule has 3 atom stereocenters. The maximum atomic E-state index is 13.8. The number of hydrogen-bond donors (Lipinski definition) is 0. The molecule has 1 aliphatic heterocycles. The quantitative estimate of drug-likeness (QED) is 0.180. The zero-order valence-corrected chi connectivity index (χ0v) is 26.4. The Bertz CT molecular complexity index is 1300. The second kappa shape index (κ2) is 9.83. The van der Waals surface area contributed by atoms with Crippen LogP contribution in [0.25, 0.3) is 0 Å². The van der Waals surface area contributed by atoms with Crippen molar-refractivity contribution in [3.63, 3.8) is 0 Å². The van der Waals surface area contributed by atoms with Crippen molar-refractivity contribution >= 4 is 95.8 Å². The Balaban J connectivity index is 1.30. The molecule has 0 aromatic heterocycles. The molecule has 1 aromatic carbocycles. The second-order valence-corrected chi connectivity index (χ2v) is 15.0. The minimum Gasteiger partial charge on any atom is -0.743 e. The van der Waals surface area contributed by atoms with Crippen molar-refractivity contribution in [2.45, 2.75) is 61.3 Å². The van der Waals surface area contributed by atoms with E-state index in [1.165, 1.54) is 0 Å². The fourth-order valence-corrected chi connectivity index (χ4v) is 10.3. The first kappa shape index (κ1) is 29.1. The van der Waals surface area contributed by atoms with Gasteiger partial charge >= 0.3 is 23.2 Å². The molecule has 0 N–H and O–H groups in total. The molecule has 16 heteroatoms. The van der Waals surface area contributed by atoms with Gasteiger partial charge in [0.2, 0.25) is 5.79 Å². The molecule has 38 heavy (non-hydrogen) atoms. The van der Waals surface area contributed by atoms with E-state index in [1.807, 2.05) is 57.3 Å². The van der Waals surface area contributed by atoms with Crippen LogP contribution < -0.4 is 4.74 Å². The molecule has 4 aliphatic carbocycles. The highest BCUT2D eigenvalue weighted by Crippen LogP contribution is 2.64. The van der Waals surface area contributed by atoms with Crippen LogP contribution in [-0.4, -0.2) is 53.6 Å². The molecule has 1 spiro atoms. The predicted molar refractivity (Wildman–Crippen MR) is 146 cm³/mol. The molecule has 10 nitrogen and oxygen atoms in total. The topological polar surface area (TPSA) is 145 Å². The van der Waals surface area contributed by atoms with Crippen molar-refractivity contribution in [2.75, 3.05) is 0 Å². The van der Waals surface area contributed by atoms with Crippen molar-refractivity contribution < 1.29 is 55.1 Å². The number of halogens is 5. The van der Waals surface area contributed by atoms with Crippen molar-refractivity contribution in [3.05, 3.63) is 22.8 Å². The van der Waals surface area contributed by atoms with E-state index >= 15 is 0 Å². The maximum Gasteiger partial charge on any atom is 0.428 e. The van der Waals surface area contributed by atoms with Gasteiger partial charge in [-0.15, -0.1) is 0 Å². The number of carbonyl (C=O) groups excluding carboxylic acids is 3. The molecule has 0 radical (unpaired) electrons. The second-order valence-electron chi connectivity index (χ2n) is 10.0. The number of rotatable bonds is 6. The van der Waals surface area contributed by atoms with Gasteiger partial charge in [0.05, 0.1) is 13.6 Å². The molecule has 3 unspecified atom stereocenters. The van der Waals surface area contributed by atoms with Gasteiger partial charge in [0.25, 0.3) is 0 Å². The number of alkyl halides is 2. The van der Waals surface area contributed by atoms with Crippen LogP contribution in [0.5, 0.6) is 5.75 Å². The molecule has 1 aromatic rings. The highest BCUT2D eigenvalue weighted by atomic mass is 127. The molecule has 1 heterocycles. The first-order valence-corrected chi connectivity index (χ1v) is 16.0. The van der Waals surface area contributed by atoms with Gasteiger partial charge in [-0.1, -0.05) is 0 Å². The minimum absolute atomic E-state index is 0.0236. The average molecular weight is 893 g/mol. The molecule has 1 saturated heterocycles. The summed E-state index contributed by atoms with van der Waals surface area (Å²) in [6, 6.07) is 3.67. The largest absolute Gasteiger partial charge is 0.743 e. The lowest BCUT2D eigenvalue weighted by Crippen LogP contribution is -2.65. The average Bonchev–Trinajstić information content (AvgIpc) is 3.10. The smallest absolute Gasteiger partial charge is 0.428 e.